The van der Waals surface area contributed by atoms with Gasteiger partial charge in [-0.15, -0.1) is 0 Å². The average molecular weight is 225 g/mol. The minimum Gasteiger partial charge on any atom is -0.481 e. The lowest BCUT2D eigenvalue weighted by Gasteiger charge is -2.27. The molecule has 0 radical (unpaired) electrons. The zero-order valence-electron chi connectivity index (χ0n) is 8.29. The van der Waals surface area contributed by atoms with E-state index in [0.29, 0.717) is 6.54 Å². The van der Waals surface area contributed by atoms with Crippen molar-refractivity contribution in [2.75, 3.05) is 6.54 Å². The SMILES string of the molecule is O=C(O)C1C2C=CC3(O2)C(C(=O)O)NCC13. The lowest BCUT2D eigenvalue weighted by molar-refractivity contribution is -0.144. The summed E-state index contributed by atoms with van der Waals surface area (Å²) in [5, 5.41) is 21.0. The van der Waals surface area contributed by atoms with Crippen LogP contribution in [-0.2, 0) is 14.3 Å². The molecule has 0 amide bonds. The Morgan fingerprint density at radius 2 is 2.12 bits per heavy atom. The largest absolute Gasteiger partial charge is 0.481 e. The van der Waals surface area contributed by atoms with Gasteiger partial charge in [0.15, 0.2) is 0 Å². The van der Waals surface area contributed by atoms with Gasteiger partial charge in [-0.1, -0.05) is 12.2 Å². The predicted molar refractivity (Wildman–Crippen MR) is 50.8 cm³/mol. The van der Waals surface area contributed by atoms with E-state index in [2.05, 4.69) is 5.32 Å². The smallest absolute Gasteiger partial charge is 0.324 e. The van der Waals surface area contributed by atoms with Crippen LogP contribution in [0.4, 0.5) is 0 Å². The molecule has 0 aromatic carbocycles. The molecule has 0 aromatic rings. The molecule has 86 valence electrons. The van der Waals surface area contributed by atoms with E-state index in [1.807, 2.05) is 0 Å². The van der Waals surface area contributed by atoms with Crippen molar-refractivity contribution in [2.24, 2.45) is 11.8 Å². The van der Waals surface area contributed by atoms with Gasteiger partial charge in [0.05, 0.1) is 12.0 Å². The summed E-state index contributed by atoms with van der Waals surface area (Å²) in [6.45, 7) is 0.370. The Morgan fingerprint density at radius 3 is 2.75 bits per heavy atom. The van der Waals surface area contributed by atoms with Gasteiger partial charge in [0.25, 0.3) is 0 Å². The van der Waals surface area contributed by atoms with Crippen LogP contribution in [-0.4, -0.2) is 46.4 Å². The maximum absolute atomic E-state index is 11.1. The van der Waals surface area contributed by atoms with Crippen LogP contribution in [0.1, 0.15) is 0 Å². The molecule has 2 fully saturated rings. The predicted octanol–water partition coefficient (Wildman–Crippen LogP) is -0.933. The van der Waals surface area contributed by atoms with Crippen LogP contribution in [0.2, 0.25) is 0 Å². The van der Waals surface area contributed by atoms with Gasteiger partial charge >= 0.3 is 11.9 Å². The molecule has 3 heterocycles. The molecule has 3 aliphatic heterocycles. The highest BCUT2D eigenvalue weighted by Crippen LogP contribution is 2.51. The first-order valence-electron chi connectivity index (χ1n) is 5.12. The summed E-state index contributed by atoms with van der Waals surface area (Å²) in [4.78, 5) is 22.2. The maximum Gasteiger partial charge on any atom is 0.324 e. The molecule has 0 saturated carbocycles. The van der Waals surface area contributed by atoms with Gasteiger partial charge in [0, 0.05) is 12.5 Å². The molecule has 2 bridgehead atoms. The standard InChI is InChI=1S/C10H11NO5/c12-8(13)6-4-3-11-7(9(14)15)10(4)2-1-5(6)16-10/h1-2,4-7,11H,3H2,(H,12,13)(H,14,15). The second-order valence-electron chi connectivity index (χ2n) is 4.45. The van der Waals surface area contributed by atoms with E-state index in [1.54, 1.807) is 12.2 Å². The van der Waals surface area contributed by atoms with Crippen LogP contribution in [0, 0.1) is 11.8 Å². The number of ether oxygens (including phenoxy) is 1. The summed E-state index contributed by atoms with van der Waals surface area (Å²) in [5.41, 5.74) is -0.959. The fourth-order valence-corrected chi connectivity index (χ4v) is 3.14. The van der Waals surface area contributed by atoms with Gasteiger partial charge < -0.3 is 20.3 Å². The molecule has 0 aliphatic carbocycles. The number of carbonyl (C=O) groups is 2. The number of carboxylic acids is 2. The van der Waals surface area contributed by atoms with Crippen LogP contribution >= 0.6 is 0 Å². The van der Waals surface area contributed by atoms with E-state index in [0.717, 1.165) is 0 Å². The minimum absolute atomic E-state index is 0.291. The number of hydrogen-bond donors (Lipinski definition) is 3. The Bertz CT molecular complexity index is 394. The second-order valence-corrected chi connectivity index (χ2v) is 4.45. The third kappa shape index (κ3) is 0.934. The molecule has 3 rings (SSSR count). The molecular formula is C10H11NO5. The van der Waals surface area contributed by atoms with Crippen LogP contribution < -0.4 is 5.32 Å². The van der Waals surface area contributed by atoms with E-state index in [1.165, 1.54) is 0 Å². The van der Waals surface area contributed by atoms with Gasteiger partial charge in [0.1, 0.15) is 11.6 Å². The minimum atomic E-state index is -1.00. The average Bonchev–Trinajstić information content (AvgIpc) is 2.80. The Labute approximate surface area is 90.9 Å². The van der Waals surface area contributed by atoms with Crippen molar-refractivity contribution in [1.82, 2.24) is 5.32 Å². The molecule has 6 heteroatoms. The molecule has 2 saturated heterocycles. The van der Waals surface area contributed by atoms with Gasteiger partial charge in [-0.3, -0.25) is 9.59 Å². The molecule has 5 unspecified atom stereocenters. The van der Waals surface area contributed by atoms with E-state index in [9.17, 15) is 9.59 Å². The first kappa shape index (κ1) is 9.80. The number of aliphatic carboxylic acids is 2. The third-order valence-electron chi connectivity index (χ3n) is 3.78. The summed E-state index contributed by atoms with van der Waals surface area (Å²) in [6, 6.07) is -0.844. The normalized spacial score (nSPS) is 48.2. The fraction of sp³-hybridized carbons (Fsp3) is 0.600. The van der Waals surface area contributed by atoms with Crippen molar-refractivity contribution >= 4 is 11.9 Å². The Morgan fingerprint density at radius 1 is 1.38 bits per heavy atom. The number of hydrogen-bond acceptors (Lipinski definition) is 4. The second kappa shape index (κ2) is 2.83. The topological polar surface area (TPSA) is 95.9 Å². The number of carboxylic acid groups (broad SMARTS) is 2. The zero-order chi connectivity index (χ0) is 11.5. The van der Waals surface area contributed by atoms with Crippen LogP contribution in [0.15, 0.2) is 12.2 Å². The van der Waals surface area contributed by atoms with Gasteiger partial charge in [-0.05, 0) is 0 Å². The van der Waals surface area contributed by atoms with E-state index >= 15 is 0 Å². The van der Waals surface area contributed by atoms with Gasteiger partial charge in [-0.2, -0.15) is 0 Å². The molecule has 6 nitrogen and oxygen atoms in total. The lowest BCUT2D eigenvalue weighted by Crippen LogP contribution is -2.48. The summed E-state index contributed by atoms with van der Waals surface area (Å²) >= 11 is 0. The maximum atomic E-state index is 11.1. The lowest BCUT2D eigenvalue weighted by atomic mass is 9.75. The highest BCUT2D eigenvalue weighted by Gasteiger charge is 2.66. The summed E-state index contributed by atoms with van der Waals surface area (Å²) in [7, 11) is 0. The van der Waals surface area contributed by atoms with E-state index < -0.39 is 35.6 Å². The molecule has 0 aromatic heterocycles. The van der Waals surface area contributed by atoms with Crippen molar-refractivity contribution in [3.05, 3.63) is 12.2 Å². The molecule has 3 aliphatic rings. The van der Waals surface area contributed by atoms with Gasteiger partial charge in [0.2, 0.25) is 0 Å². The zero-order valence-corrected chi connectivity index (χ0v) is 8.29. The van der Waals surface area contributed by atoms with Gasteiger partial charge in [-0.25, -0.2) is 0 Å². The highest BCUT2D eigenvalue weighted by molar-refractivity contribution is 5.80. The Balaban J connectivity index is 2.02. The van der Waals surface area contributed by atoms with Crippen molar-refractivity contribution in [3.63, 3.8) is 0 Å². The molecular weight excluding hydrogens is 214 g/mol. The van der Waals surface area contributed by atoms with Crippen LogP contribution in [0.25, 0.3) is 0 Å². The first-order valence-corrected chi connectivity index (χ1v) is 5.12. The monoisotopic (exact) mass is 225 g/mol. The van der Waals surface area contributed by atoms with Crippen LogP contribution in [0.5, 0.6) is 0 Å². The number of rotatable bonds is 2. The Hall–Kier alpha value is -1.40. The fourth-order valence-electron chi connectivity index (χ4n) is 3.14. The van der Waals surface area contributed by atoms with Crippen molar-refractivity contribution in [1.29, 1.82) is 0 Å². The van der Waals surface area contributed by atoms with Crippen LogP contribution in [0.3, 0.4) is 0 Å². The van der Waals surface area contributed by atoms with Crippen molar-refractivity contribution < 1.29 is 24.5 Å². The molecule has 3 N–H and O–H groups in total. The highest BCUT2D eigenvalue weighted by atomic mass is 16.5. The quantitative estimate of drug-likeness (QED) is 0.525. The van der Waals surface area contributed by atoms with Crippen molar-refractivity contribution in [2.45, 2.75) is 17.7 Å². The molecule has 5 atom stereocenters. The van der Waals surface area contributed by atoms with E-state index in [4.69, 9.17) is 14.9 Å². The van der Waals surface area contributed by atoms with E-state index in [-0.39, 0.29) is 5.92 Å². The first-order chi connectivity index (χ1) is 7.56. The third-order valence-corrected chi connectivity index (χ3v) is 3.78. The summed E-state index contributed by atoms with van der Waals surface area (Å²) in [6.07, 6.45) is 2.89. The molecule has 1 spiro atoms. The molecule has 16 heavy (non-hydrogen) atoms. The summed E-state index contributed by atoms with van der Waals surface area (Å²) < 4.78 is 5.60. The van der Waals surface area contributed by atoms with Crippen molar-refractivity contribution in [3.8, 4) is 0 Å². The Kier molecular flexibility index (Phi) is 1.74. The number of nitrogens with one attached hydrogen (secondary N) is 1. The summed E-state index contributed by atoms with van der Waals surface area (Å²) in [5.74, 6) is -2.85. The number of fused-ring (bicyclic) bond motifs is 1.